The third kappa shape index (κ3) is 2.76. The van der Waals surface area contributed by atoms with Crippen LogP contribution in [0.5, 0.6) is 0 Å². The van der Waals surface area contributed by atoms with Gasteiger partial charge in [-0.15, -0.1) is 0 Å². The van der Waals surface area contributed by atoms with Crippen LogP contribution < -0.4 is 11.5 Å². The Hall–Kier alpha value is -2.70. The Morgan fingerprint density at radius 3 is 2.58 bits per heavy atom. The summed E-state index contributed by atoms with van der Waals surface area (Å²) in [5.41, 5.74) is 12.3. The summed E-state index contributed by atoms with van der Waals surface area (Å²) in [7, 11) is 0. The van der Waals surface area contributed by atoms with Crippen molar-refractivity contribution in [3.8, 4) is 11.4 Å². The summed E-state index contributed by atoms with van der Waals surface area (Å²) in [5, 5.41) is 3.81. The molecule has 1 heterocycles. The van der Waals surface area contributed by atoms with E-state index in [-0.39, 0.29) is 5.96 Å². The van der Waals surface area contributed by atoms with E-state index in [1.54, 1.807) is 32.0 Å². The lowest BCUT2D eigenvalue weighted by molar-refractivity contribution is 0.100. The number of aromatic nitrogens is 2. The van der Waals surface area contributed by atoms with Crippen molar-refractivity contribution in [2.75, 3.05) is 0 Å². The minimum Gasteiger partial charge on any atom is -0.370 e. The Balaban J connectivity index is 2.37. The molecule has 0 atom stereocenters. The monoisotopic (exact) mass is 259 g/mol. The Kier molecular flexibility index (Phi) is 3.28. The molecule has 19 heavy (non-hydrogen) atoms. The van der Waals surface area contributed by atoms with E-state index in [2.05, 4.69) is 15.1 Å². The Bertz CT molecular complexity index is 656. The minimum atomic E-state index is -0.478. The standard InChI is InChI=1S/C12H13N5O2/c1-6-5-8(10-15-7(2)19-17-10)3-4-9(6)11(18)16-12(13)14/h3-5H,1-2H3,(H4,13,14,16,18). The number of nitrogens with zero attached hydrogens (tertiary/aromatic N) is 3. The van der Waals surface area contributed by atoms with Crippen LogP contribution in [-0.4, -0.2) is 22.0 Å². The van der Waals surface area contributed by atoms with Crippen LogP contribution in [0.3, 0.4) is 0 Å². The fourth-order valence-corrected chi connectivity index (χ4v) is 1.64. The molecule has 98 valence electrons. The van der Waals surface area contributed by atoms with E-state index >= 15 is 0 Å². The first kappa shape index (κ1) is 12.7. The van der Waals surface area contributed by atoms with Gasteiger partial charge in [0.25, 0.3) is 5.91 Å². The van der Waals surface area contributed by atoms with Crippen LogP contribution >= 0.6 is 0 Å². The Morgan fingerprint density at radius 2 is 2.05 bits per heavy atom. The quantitative estimate of drug-likeness (QED) is 0.607. The third-order valence-corrected chi connectivity index (χ3v) is 2.47. The molecule has 1 amide bonds. The van der Waals surface area contributed by atoms with E-state index in [9.17, 15) is 4.79 Å². The first-order valence-corrected chi connectivity index (χ1v) is 5.52. The maximum Gasteiger partial charge on any atom is 0.280 e. The molecule has 0 fully saturated rings. The number of amides is 1. The van der Waals surface area contributed by atoms with Gasteiger partial charge >= 0.3 is 0 Å². The van der Waals surface area contributed by atoms with E-state index < -0.39 is 5.91 Å². The number of carbonyl (C=O) groups excluding carboxylic acids is 1. The van der Waals surface area contributed by atoms with Gasteiger partial charge in [-0.2, -0.15) is 9.98 Å². The summed E-state index contributed by atoms with van der Waals surface area (Å²) in [6.07, 6.45) is 0. The summed E-state index contributed by atoms with van der Waals surface area (Å²) in [6.45, 7) is 3.49. The van der Waals surface area contributed by atoms with Gasteiger partial charge in [-0.3, -0.25) is 4.79 Å². The summed E-state index contributed by atoms with van der Waals surface area (Å²) in [6, 6.07) is 5.12. The molecule has 1 aromatic heterocycles. The molecule has 2 aromatic rings. The first-order valence-electron chi connectivity index (χ1n) is 5.52. The van der Waals surface area contributed by atoms with Gasteiger partial charge in [0.05, 0.1) is 0 Å². The normalized spacial score (nSPS) is 10.2. The smallest absolute Gasteiger partial charge is 0.280 e. The molecule has 7 nitrogen and oxygen atoms in total. The molecule has 1 aromatic carbocycles. The van der Waals surface area contributed by atoms with Gasteiger partial charge in [-0.1, -0.05) is 11.2 Å². The lowest BCUT2D eigenvalue weighted by Crippen LogP contribution is -2.24. The van der Waals surface area contributed by atoms with Gasteiger partial charge in [0, 0.05) is 18.1 Å². The van der Waals surface area contributed by atoms with Crippen molar-refractivity contribution in [3.05, 3.63) is 35.2 Å². The van der Waals surface area contributed by atoms with Crippen molar-refractivity contribution >= 4 is 11.9 Å². The molecular weight excluding hydrogens is 246 g/mol. The van der Waals surface area contributed by atoms with Gasteiger partial charge in [-0.05, 0) is 24.6 Å². The van der Waals surface area contributed by atoms with E-state index in [0.29, 0.717) is 17.3 Å². The highest BCUT2D eigenvalue weighted by molar-refractivity contribution is 6.03. The number of hydrogen-bond donors (Lipinski definition) is 2. The molecule has 0 saturated carbocycles. The van der Waals surface area contributed by atoms with E-state index in [4.69, 9.17) is 16.0 Å². The topological polar surface area (TPSA) is 120 Å². The fourth-order valence-electron chi connectivity index (χ4n) is 1.64. The highest BCUT2D eigenvalue weighted by Crippen LogP contribution is 2.20. The lowest BCUT2D eigenvalue weighted by Gasteiger charge is -2.03. The predicted octanol–water partition coefficient (Wildman–Crippen LogP) is 0.767. The molecule has 0 bridgehead atoms. The van der Waals surface area contributed by atoms with Crippen LogP contribution in [0, 0.1) is 13.8 Å². The summed E-state index contributed by atoms with van der Waals surface area (Å²) in [5.74, 6) is 0.213. The van der Waals surface area contributed by atoms with Crippen molar-refractivity contribution in [2.24, 2.45) is 16.5 Å². The summed E-state index contributed by atoms with van der Waals surface area (Å²) >= 11 is 0. The van der Waals surface area contributed by atoms with Crippen LogP contribution in [0.4, 0.5) is 0 Å². The van der Waals surface area contributed by atoms with Crippen LogP contribution in [0.25, 0.3) is 11.4 Å². The van der Waals surface area contributed by atoms with Gasteiger partial charge in [0.2, 0.25) is 11.7 Å². The van der Waals surface area contributed by atoms with Crippen LogP contribution in [0.2, 0.25) is 0 Å². The molecule has 0 aliphatic rings. The Morgan fingerprint density at radius 1 is 1.32 bits per heavy atom. The summed E-state index contributed by atoms with van der Waals surface area (Å²) < 4.78 is 4.91. The molecule has 0 saturated heterocycles. The molecule has 0 spiro atoms. The molecular formula is C12H13N5O2. The maximum absolute atomic E-state index is 11.7. The number of carbonyl (C=O) groups is 1. The zero-order chi connectivity index (χ0) is 14.0. The van der Waals surface area contributed by atoms with Crippen molar-refractivity contribution in [3.63, 3.8) is 0 Å². The van der Waals surface area contributed by atoms with Gasteiger partial charge in [-0.25, -0.2) is 0 Å². The van der Waals surface area contributed by atoms with Crippen molar-refractivity contribution in [1.82, 2.24) is 10.1 Å². The number of nitrogens with two attached hydrogens (primary N) is 2. The summed E-state index contributed by atoms with van der Waals surface area (Å²) in [4.78, 5) is 19.3. The zero-order valence-corrected chi connectivity index (χ0v) is 10.5. The highest BCUT2D eigenvalue weighted by atomic mass is 16.5. The number of hydrogen-bond acceptors (Lipinski definition) is 4. The maximum atomic E-state index is 11.7. The molecule has 0 unspecified atom stereocenters. The van der Waals surface area contributed by atoms with Crippen molar-refractivity contribution in [1.29, 1.82) is 0 Å². The molecule has 7 heteroatoms. The largest absolute Gasteiger partial charge is 0.370 e. The van der Waals surface area contributed by atoms with E-state index in [0.717, 1.165) is 11.1 Å². The highest BCUT2D eigenvalue weighted by Gasteiger charge is 2.12. The molecule has 2 rings (SSSR count). The van der Waals surface area contributed by atoms with Gasteiger partial charge < -0.3 is 16.0 Å². The first-order chi connectivity index (χ1) is 8.97. The van der Waals surface area contributed by atoms with E-state index in [1.807, 2.05) is 0 Å². The van der Waals surface area contributed by atoms with Crippen molar-refractivity contribution < 1.29 is 9.32 Å². The number of rotatable bonds is 2. The molecule has 0 aliphatic heterocycles. The van der Waals surface area contributed by atoms with Crippen LogP contribution in [-0.2, 0) is 0 Å². The number of aryl methyl sites for hydroxylation is 2. The minimum absolute atomic E-state index is 0.262. The Labute approximate surface area is 109 Å². The molecule has 4 N–H and O–H groups in total. The third-order valence-electron chi connectivity index (χ3n) is 2.47. The second kappa shape index (κ2) is 4.89. The van der Waals surface area contributed by atoms with Crippen molar-refractivity contribution in [2.45, 2.75) is 13.8 Å². The number of benzene rings is 1. The fraction of sp³-hybridized carbons (Fsp3) is 0.167. The molecule has 0 aliphatic carbocycles. The van der Waals surface area contributed by atoms with Gasteiger partial charge in [0.15, 0.2) is 5.96 Å². The zero-order valence-electron chi connectivity index (χ0n) is 10.5. The number of aliphatic imine (C=N–C) groups is 1. The second-order valence-electron chi connectivity index (χ2n) is 4.01. The van der Waals surface area contributed by atoms with Crippen LogP contribution in [0.1, 0.15) is 21.8 Å². The lowest BCUT2D eigenvalue weighted by atomic mass is 10.0. The van der Waals surface area contributed by atoms with Gasteiger partial charge in [0.1, 0.15) is 0 Å². The van der Waals surface area contributed by atoms with E-state index in [1.165, 1.54) is 0 Å². The average molecular weight is 259 g/mol. The van der Waals surface area contributed by atoms with Crippen LogP contribution in [0.15, 0.2) is 27.7 Å². The second-order valence-corrected chi connectivity index (χ2v) is 4.01. The molecule has 0 radical (unpaired) electrons. The SMILES string of the molecule is Cc1nc(-c2ccc(C(=O)N=C(N)N)c(C)c2)no1. The predicted molar refractivity (Wildman–Crippen MR) is 69.3 cm³/mol. The average Bonchev–Trinajstić information content (AvgIpc) is 2.74. The number of guanidine groups is 1.